The monoisotopic (exact) mass is 363 g/mol. The Morgan fingerprint density at radius 1 is 1.08 bits per heavy atom. The third-order valence-electron chi connectivity index (χ3n) is 4.28. The molecule has 0 amide bonds. The molecular weight excluding hydrogens is 342 g/mol. The molecule has 0 atom stereocenters. The van der Waals surface area contributed by atoms with Crippen LogP contribution in [0.25, 0.3) is 0 Å². The molecule has 25 heavy (non-hydrogen) atoms. The van der Waals surface area contributed by atoms with E-state index in [1.165, 1.54) is 8.99 Å². The number of rotatable bonds is 3. The maximum atomic E-state index is 13.0. The third-order valence-corrected chi connectivity index (χ3v) is 6.44. The largest absolute Gasteiger partial charge is 0.379 e. The number of aryl methyl sites for hydroxylation is 2. The highest BCUT2D eigenvalue weighted by atomic mass is 32.2. The number of hydrogen-bond acceptors (Lipinski definition) is 5. The second kappa shape index (κ2) is 6.70. The molecule has 0 aliphatic carbocycles. The minimum atomic E-state index is -3.71. The van der Waals surface area contributed by atoms with E-state index < -0.39 is 10.0 Å². The second-order valence-electron chi connectivity index (χ2n) is 6.10. The number of hydrogen-bond donors (Lipinski definition) is 0. The van der Waals surface area contributed by atoms with E-state index in [9.17, 15) is 13.2 Å². The average molecular weight is 363 g/mol. The van der Waals surface area contributed by atoms with Crippen LogP contribution in [0.4, 0.5) is 0 Å². The summed E-state index contributed by atoms with van der Waals surface area (Å²) in [5.41, 5.74) is 2.16. The van der Waals surface area contributed by atoms with E-state index in [2.05, 4.69) is 5.10 Å². The molecule has 0 radical (unpaired) electrons. The number of carbonyl (C=O) groups excluding carboxylic acids is 1. The van der Waals surface area contributed by atoms with Gasteiger partial charge in [0.2, 0.25) is 10.0 Å². The second-order valence-corrected chi connectivity index (χ2v) is 7.97. The number of morpholine rings is 1. The van der Waals surface area contributed by atoms with Gasteiger partial charge in [-0.2, -0.15) is 14.1 Å². The molecule has 1 fully saturated rings. The number of nitrogens with zero attached hydrogens (tertiary/aromatic N) is 3. The van der Waals surface area contributed by atoms with Crippen LogP contribution in [-0.2, 0) is 14.8 Å². The number of benzene rings is 1. The minimum absolute atomic E-state index is 0.106. The smallest absolute Gasteiger partial charge is 0.278 e. The van der Waals surface area contributed by atoms with Gasteiger partial charge in [0.1, 0.15) is 4.90 Å². The van der Waals surface area contributed by atoms with Gasteiger partial charge in [-0.3, -0.25) is 4.79 Å². The van der Waals surface area contributed by atoms with Crippen molar-refractivity contribution in [1.29, 1.82) is 0 Å². The van der Waals surface area contributed by atoms with Crippen molar-refractivity contribution in [3.8, 4) is 0 Å². The van der Waals surface area contributed by atoms with Gasteiger partial charge in [0, 0.05) is 18.7 Å². The highest BCUT2D eigenvalue weighted by molar-refractivity contribution is 7.89. The lowest BCUT2D eigenvalue weighted by molar-refractivity contribution is 0.0730. The maximum absolute atomic E-state index is 13.0. The standard InChI is InChI=1S/C17H21N3O4S/c1-12-4-6-15(7-5-12)17(21)20-14(3)16(13(2)18-20)25(22,23)19-8-10-24-11-9-19/h4-7H,8-11H2,1-3H3. The van der Waals surface area contributed by atoms with E-state index in [1.807, 2.05) is 19.1 Å². The fraction of sp³-hybridized carbons (Fsp3) is 0.412. The number of sulfonamides is 1. The van der Waals surface area contributed by atoms with Crippen molar-refractivity contribution in [3.05, 3.63) is 46.8 Å². The molecule has 3 rings (SSSR count). The summed E-state index contributed by atoms with van der Waals surface area (Å²) in [5.74, 6) is -0.343. The Balaban J connectivity index is 2.01. The van der Waals surface area contributed by atoms with Crippen LogP contribution in [-0.4, -0.2) is 54.7 Å². The molecule has 1 aromatic heterocycles. The van der Waals surface area contributed by atoms with Crippen LogP contribution in [0.1, 0.15) is 27.3 Å². The molecule has 0 saturated carbocycles. The van der Waals surface area contributed by atoms with Crippen LogP contribution >= 0.6 is 0 Å². The zero-order chi connectivity index (χ0) is 18.2. The molecule has 2 heterocycles. The molecule has 1 saturated heterocycles. The molecule has 1 aliphatic heterocycles. The average Bonchev–Trinajstić information content (AvgIpc) is 2.90. The fourth-order valence-electron chi connectivity index (χ4n) is 2.93. The van der Waals surface area contributed by atoms with Gasteiger partial charge in [-0.25, -0.2) is 8.42 Å². The lowest BCUT2D eigenvalue weighted by Gasteiger charge is -2.26. The predicted octanol–water partition coefficient (Wildman–Crippen LogP) is 1.52. The summed E-state index contributed by atoms with van der Waals surface area (Å²) in [4.78, 5) is 12.8. The fourth-order valence-corrected chi connectivity index (χ4v) is 4.70. The van der Waals surface area contributed by atoms with Crippen molar-refractivity contribution >= 4 is 15.9 Å². The molecule has 0 unspecified atom stereocenters. The molecule has 2 aromatic rings. The molecule has 8 heteroatoms. The Morgan fingerprint density at radius 3 is 2.28 bits per heavy atom. The highest BCUT2D eigenvalue weighted by Gasteiger charge is 2.33. The zero-order valence-corrected chi connectivity index (χ0v) is 15.3. The normalized spacial score (nSPS) is 16.1. The molecule has 0 spiro atoms. The quantitative estimate of drug-likeness (QED) is 0.826. The molecular formula is C17H21N3O4S. The van der Waals surface area contributed by atoms with Crippen molar-refractivity contribution in [2.24, 2.45) is 0 Å². The van der Waals surface area contributed by atoms with Crippen molar-refractivity contribution in [1.82, 2.24) is 14.1 Å². The van der Waals surface area contributed by atoms with Crippen LogP contribution in [0, 0.1) is 20.8 Å². The van der Waals surface area contributed by atoms with Crippen LogP contribution in [0.2, 0.25) is 0 Å². The molecule has 0 bridgehead atoms. The molecule has 1 aliphatic rings. The Hall–Kier alpha value is -2.03. The first-order chi connectivity index (χ1) is 11.8. The van der Waals surface area contributed by atoms with Crippen molar-refractivity contribution in [2.45, 2.75) is 25.7 Å². The summed E-state index contributed by atoms with van der Waals surface area (Å²) in [6.45, 7) is 6.50. The van der Waals surface area contributed by atoms with E-state index in [0.29, 0.717) is 43.3 Å². The predicted molar refractivity (Wildman–Crippen MR) is 92.2 cm³/mol. The lowest BCUT2D eigenvalue weighted by atomic mass is 10.1. The topological polar surface area (TPSA) is 81.5 Å². The zero-order valence-electron chi connectivity index (χ0n) is 14.5. The third kappa shape index (κ3) is 3.24. The molecule has 7 nitrogen and oxygen atoms in total. The van der Waals surface area contributed by atoms with Crippen molar-refractivity contribution in [3.63, 3.8) is 0 Å². The van der Waals surface area contributed by atoms with Crippen molar-refractivity contribution in [2.75, 3.05) is 26.3 Å². The first-order valence-electron chi connectivity index (χ1n) is 8.08. The summed E-state index contributed by atoms with van der Waals surface area (Å²) in [7, 11) is -3.71. The van der Waals surface area contributed by atoms with E-state index in [4.69, 9.17) is 4.74 Å². The number of aromatic nitrogens is 2. The first kappa shape index (κ1) is 17.8. The number of ether oxygens (including phenoxy) is 1. The van der Waals surface area contributed by atoms with E-state index in [0.717, 1.165) is 5.56 Å². The summed E-state index contributed by atoms with van der Waals surface area (Å²) in [6, 6.07) is 7.10. The van der Waals surface area contributed by atoms with E-state index >= 15 is 0 Å². The number of carbonyl (C=O) groups is 1. The summed E-state index contributed by atoms with van der Waals surface area (Å²) in [6.07, 6.45) is 0. The Labute approximate surface area is 147 Å². The molecule has 134 valence electrons. The van der Waals surface area contributed by atoms with Gasteiger partial charge in [-0.1, -0.05) is 17.7 Å². The van der Waals surface area contributed by atoms with Crippen LogP contribution in [0.5, 0.6) is 0 Å². The van der Waals surface area contributed by atoms with Crippen LogP contribution in [0.3, 0.4) is 0 Å². The van der Waals surface area contributed by atoms with Gasteiger partial charge in [0.15, 0.2) is 0 Å². The lowest BCUT2D eigenvalue weighted by Crippen LogP contribution is -2.41. The van der Waals surface area contributed by atoms with Crippen molar-refractivity contribution < 1.29 is 17.9 Å². The Morgan fingerprint density at radius 2 is 1.68 bits per heavy atom. The van der Waals surface area contributed by atoms with Gasteiger partial charge in [0.05, 0.1) is 24.6 Å². The van der Waals surface area contributed by atoms with Gasteiger partial charge < -0.3 is 4.74 Å². The molecule has 0 N–H and O–H groups in total. The van der Waals surface area contributed by atoms with Gasteiger partial charge >= 0.3 is 0 Å². The minimum Gasteiger partial charge on any atom is -0.379 e. The summed E-state index contributed by atoms with van der Waals surface area (Å²) >= 11 is 0. The Bertz CT molecular complexity index is 895. The van der Waals surface area contributed by atoms with Crippen LogP contribution < -0.4 is 0 Å². The van der Waals surface area contributed by atoms with Gasteiger partial charge in [-0.05, 0) is 32.9 Å². The maximum Gasteiger partial charge on any atom is 0.278 e. The Kier molecular flexibility index (Phi) is 4.77. The summed E-state index contributed by atoms with van der Waals surface area (Å²) < 4.78 is 33.7. The van der Waals surface area contributed by atoms with Crippen LogP contribution in [0.15, 0.2) is 29.2 Å². The summed E-state index contributed by atoms with van der Waals surface area (Å²) in [5, 5.41) is 4.20. The van der Waals surface area contributed by atoms with E-state index in [1.54, 1.807) is 26.0 Å². The van der Waals surface area contributed by atoms with E-state index in [-0.39, 0.29) is 10.8 Å². The first-order valence-corrected chi connectivity index (χ1v) is 9.52. The SMILES string of the molecule is Cc1ccc(C(=O)n2nc(C)c(S(=O)(=O)N3CCOCC3)c2C)cc1. The highest BCUT2D eigenvalue weighted by Crippen LogP contribution is 2.25. The molecule has 1 aromatic carbocycles. The van der Waals surface area contributed by atoms with Gasteiger partial charge in [0.25, 0.3) is 5.91 Å². The van der Waals surface area contributed by atoms with Gasteiger partial charge in [-0.15, -0.1) is 0 Å².